The minimum atomic E-state index is -2.91. The summed E-state index contributed by atoms with van der Waals surface area (Å²) in [6.07, 6.45) is 1.80. The van der Waals surface area contributed by atoms with Gasteiger partial charge in [0.15, 0.2) is 0 Å². The minimum absolute atomic E-state index is 0.111. The van der Waals surface area contributed by atoms with Gasteiger partial charge >= 0.3 is 6.03 Å². The quantitative estimate of drug-likeness (QED) is 0.901. The van der Waals surface area contributed by atoms with Gasteiger partial charge in [-0.2, -0.15) is 0 Å². The number of hydrogen-bond acceptors (Lipinski definition) is 2. The first-order valence-electron chi connectivity index (χ1n) is 7.09. The molecule has 2 rings (SSSR count). The summed E-state index contributed by atoms with van der Waals surface area (Å²) in [4.78, 5) is 14.1. The van der Waals surface area contributed by atoms with Crippen LogP contribution in [0.15, 0.2) is 24.3 Å². The normalized spacial score (nSPS) is 17.5. The lowest BCUT2D eigenvalue weighted by Gasteiger charge is -2.29. The summed E-state index contributed by atoms with van der Waals surface area (Å²) in [7, 11) is 2.05. The predicted molar refractivity (Wildman–Crippen MR) is 78.7 cm³/mol. The molecule has 1 aromatic rings. The van der Waals surface area contributed by atoms with E-state index in [0.717, 1.165) is 32.9 Å². The van der Waals surface area contributed by atoms with Crippen LogP contribution in [-0.2, 0) is 5.92 Å². The van der Waals surface area contributed by atoms with Gasteiger partial charge in [0.1, 0.15) is 0 Å². The lowest BCUT2D eigenvalue weighted by Crippen LogP contribution is -2.44. The molecule has 116 valence electrons. The highest BCUT2D eigenvalue weighted by Crippen LogP contribution is 2.28. The van der Waals surface area contributed by atoms with Crippen molar-refractivity contribution in [3.8, 4) is 0 Å². The summed E-state index contributed by atoms with van der Waals surface area (Å²) in [5.74, 6) is -2.91. The van der Waals surface area contributed by atoms with E-state index in [1.807, 2.05) is 7.05 Å². The van der Waals surface area contributed by atoms with Gasteiger partial charge in [-0.3, -0.25) is 0 Å². The largest absolute Gasteiger partial charge is 0.335 e. The third-order valence-corrected chi connectivity index (χ3v) is 3.68. The van der Waals surface area contributed by atoms with Crippen molar-refractivity contribution in [2.75, 3.05) is 25.5 Å². The van der Waals surface area contributed by atoms with Gasteiger partial charge in [0, 0.05) is 24.2 Å². The number of carbonyl (C=O) groups is 1. The van der Waals surface area contributed by atoms with E-state index in [1.54, 1.807) is 6.07 Å². The molecule has 1 aliphatic heterocycles. The van der Waals surface area contributed by atoms with Gasteiger partial charge in [0.05, 0.1) is 0 Å². The van der Waals surface area contributed by atoms with Crippen molar-refractivity contribution in [2.24, 2.45) is 0 Å². The summed E-state index contributed by atoms with van der Waals surface area (Å²) in [6, 6.07) is 5.55. The topological polar surface area (TPSA) is 44.4 Å². The molecule has 1 aliphatic rings. The van der Waals surface area contributed by atoms with Gasteiger partial charge in [-0.1, -0.05) is 12.1 Å². The Bertz CT molecular complexity index is 494. The highest BCUT2D eigenvalue weighted by atomic mass is 19.3. The molecule has 1 heterocycles. The number of nitrogens with one attached hydrogen (secondary N) is 2. The summed E-state index contributed by atoms with van der Waals surface area (Å²) < 4.78 is 26.5. The Hall–Kier alpha value is -1.69. The third kappa shape index (κ3) is 4.67. The van der Waals surface area contributed by atoms with E-state index in [1.165, 1.54) is 18.2 Å². The maximum Gasteiger partial charge on any atom is 0.319 e. The number of amides is 2. The molecular formula is C15H21F2N3O. The second-order valence-corrected chi connectivity index (χ2v) is 5.65. The van der Waals surface area contributed by atoms with Crippen LogP contribution >= 0.6 is 0 Å². The molecule has 4 nitrogen and oxygen atoms in total. The maximum atomic E-state index is 13.2. The number of piperidine rings is 1. The smallest absolute Gasteiger partial charge is 0.319 e. The average Bonchev–Trinajstić information content (AvgIpc) is 2.41. The molecule has 6 heteroatoms. The number of halogens is 2. The van der Waals surface area contributed by atoms with Gasteiger partial charge in [-0.05, 0) is 45.1 Å². The molecule has 0 unspecified atom stereocenters. The van der Waals surface area contributed by atoms with E-state index in [2.05, 4.69) is 15.5 Å². The fraction of sp³-hybridized carbons (Fsp3) is 0.533. The highest BCUT2D eigenvalue weighted by molar-refractivity contribution is 5.89. The van der Waals surface area contributed by atoms with Crippen molar-refractivity contribution >= 4 is 11.7 Å². The minimum Gasteiger partial charge on any atom is -0.335 e. The second kappa shape index (κ2) is 6.39. The van der Waals surface area contributed by atoms with Crippen LogP contribution in [0.4, 0.5) is 19.3 Å². The van der Waals surface area contributed by atoms with Crippen LogP contribution in [0.5, 0.6) is 0 Å². The van der Waals surface area contributed by atoms with Crippen molar-refractivity contribution in [1.29, 1.82) is 0 Å². The monoisotopic (exact) mass is 297 g/mol. The molecule has 1 fully saturated rings. The number of alkyl halides is 2. The van der Waals surface area contributed by atoms with Crippen LogP contribution in [0.25, 0.3) is 0 Å². The van der Waals surface area contributed by atoms with Gasteiger partial charge in [-0.15, -0.1) is 0 Å². The zero-order valence-corrected chi connectivity index (χ0v) is 12.3. The van der Waals surface area contributed by atoms with Crippen LogP contribution < -0.4 is 10.6 Å². The molecule has 0 spiro atoms. The molecule has 0 radical (unpaired) electrons. The van der Waals surface area contributed by atoms with Crippen molar-refractivity contribution in [2.45, 2.75) is 31.7 Å². The van der Waals surface area contributed by atoms with Crippen LogP contribution in [0.2, 0.25) is 0 Å². The van der Waals surface area contributed by atoms with Crippen molar-refractivity contribution in [3.05, 3.63) is 29.8 Å². The Morgan fingerprint density at radius 1 is 1.33 bits per heavy atom. The van der Waals surface area contributed by atoms with Crippen LogP contribution in [0.1, 0.15) is 25.3 Å². The number of likely N-dealkylation sites (tertiary alicyclic amines) is 1. The second-order valence-electron chi connectivity index (χ2n) is 5.65. The SMILES string of the molecule is CN1CCC(NC(=O)Nc2cccc(C(C)(F)F)c2)CC1. The molecule has 0 aromatic heterocycles. The van der Waals surface area contributed by atoms with E-state index in [0.29, 0.717) is 5.69 Å². The number of carbonyl (C=O) groups excluding carboxylic acids is 1. The molecular weight excluding hydrogens is 276 g/mol. The van der Waals surface area contributed by atoms with Crippen LogP contribution in [-0.4, -0.2) is 37.1 Å². The van der Waals surface area contributed by atoms with Crippen molar-refractivity contribution in [3.63, 3.8) is 0 Å². The predicted octanol–water partition coefficient (Wildman–Crippen LogP) is 3.01. The number of benzene rings is 1. The van der Waals surface area contributed by atoms with Crippen LogP contribution in [0.3, 0.4) is 0 Å². The number of nitrogens with zero attached hydrogens (tertiary/aromatic N) is 1. The Morgan fingerprint density at radius 3 is 2.62 bits per heavy atom. The summed E-state index contributed by atoms with van der Waals surface area (Å²) in [5, 5.41) is 5.50. The summed E-state index contributed by atoms with van der Waals surface area (Å²) in [6.45, 7) is 2.73. The molecule has 21 heavy (non-hydrogen) atoms. The zero-order chi connectivity index (χ0) is 15.5. The number of urea groups is 1. The Morgan fingerprint density at radius 2 is 2.00 bits per heavy atom. The number of hydrogen-bond donors (Lipinski definition) is 2. The molecule has 0 aliphatic carbocycles. The number of anilines is 1. The fourth-order valence-corrected chi connectivity index (χ4v) is 2.38. The third-order valence-electron chi connectivity index (χ3n) is 3.68. The lowest BCUT2D eigenvalue weighted by atomic mass is 10.1. The summed E-state index contributed by atoms with van der Waals surface area (Å²) >= 11 is 0. The van der Waals surface area contributed by atoms with E-state index in [4.69, 9.17) is 0 Å². The molecule has 1 saturated heterocycles. The molecule has 0 bridgehead atoms. The Labute approximate surface area is 123 Å². The average molecular weight is 297 g/mol. The zero-order valence-electron chi connectivity index (χ0n) is 12.3. The van der Waals surface area contributed by atoms with Gasteiger partial charge < -0.3 is 15.5 Å². The standard InChI is InChI=1S/C15H21F2N3O/c1-15(16,17)11-4-3-5-13(10-11)19-14(21)18-12-6-8-20(2)9-7-12/h3-5,10,12H,6-9H2,1-2H3,(H2,18,19,21). The van der Waals surface area contributed by atoms with E-state index in [-0.39, 0.29) is 17.6 Å². The molecule has 2 amide bonds. The maximum absolute atomic E-state index is 13.2. The molecule has 0 saturated carbocycles. The Balaban J connectivity index is 1.91. The lowest BCUT2D eigenvalue weighted by molar-refractivity contribution is 0.0175. The van der Waals surface area contributed by atoms with E-state index >= 15 is 0 Å². The van der Waals surface area contributed by atoms with Gasteiger partial charge in [0.25, 0.3) is 5.92 Å². The summed E-state index contributed by atoms with van der Waals surface area (Å²) in [5.41, 5.74) is 0.263. The molecule has 1 aromatic carbocycles. The first-order chi connectivity index (χ1) is 9.84. The first kappa shape index (κ1) is 15.7. The first-order valence-corrected chi connectivity index (χ1v) is 7.09. The number of rotatable bonds is 3. The fourth-order valence-electron chi connectivity index (χ4n) is 2.38. The van der Waals surface area contributed by atoms with E-state index in [9.17, 15) is 13.6 Å². The van der Waals surface area contributed by atoms with Gasteiger partial charge in [0.2, 0.25) is 0 Å². The van der Waals surface area contributed by atoms with Crippen molar-refractivity contribution in [1.82, 2.24) is 10.2 Å². The van der Waals surface area contributed by atoms with Gasteiger partial charge in [-0.25, -0.2) is 13.6 Å². The van der Waals surface area contributed by atoms with Crippen molar-refractivity contribution < 1.29 is 13.6 Å². The Kier molecular flexibility index (Phi) is 4.77. The molecule has 0 atom stereocenters. The van der Waals surface area contributed by atoms with Crippen LogP contribution in [0, 0.1) is 0 Å². The van der Waals surface area contributed by atoms with E-state index < -0.39 is 5.92 Å². The molecule has 2 N–H and O–H groups in total. The highest BCUT2D eigenvalue weighted by Gasteiger charge is 2.24.